The fourth-order valence-corrected chi connectivity index (χ4v) is 7.01. The van der Waals surface area contributed by atoms with Crippen LogP contribution in [0.2, 0.25) is 0 Å². The SMILES string of the molecule is CC1CN(c2ncccc2C(=O)CS(=O)(=O)c2cccc(CC3CCCCC3C)n2)C(C)(C)C1. The maximum atomic E-state index is 13.3. The standard InChI is InChI=1S/C27H37N3O3S/c1-19-16-27(3,4)30(17-19)26-23(12-8-14-28-26)24(31)18-34(32,33)25-13-7-11-22(29-25)15-21-10-6-5-9-20(21)2/h7-8,11-14,19-21H,5-6,9-10,15-18H2,1-4H3. The summed E-state index contributed by atoms with van der Waals surface area (Å²) < 4.78 is 26.4. The third-order valence-electron chi connectivity index (χ3n) is 7.60. The summed E-state index contributed by atoms with van der Waals surface area (Å²) >= 11 is 0. The first-order valence-electron chi connectivity index (χ1n) is 12.5. The largest absolute Gasteiger partial charge is 0.351 e. The lowest BCUT2D eigenvalue weighted by atomic mass is 9.78. The van der Waals surface area contributed by atoms with E-state index in [0.717, 1.165) is 31.5 Å². The van der Waals surface area contributed by atoms with Gasteiger partial charge in [-0.2, -0.15) is 0 Å². The molecule has 6 nitrogen and oxygen atoms in total. The Morgan fingerprint density at radius 3 is 2.59 bits per heavy atom. The summed E-state index contributed by atoms with van der Waals surface area (Å²) in [4.78, 5) is 24.4. The zero-order valence-corrected chi connectivity index (χ0v) is 21.6. The van der Waals surface area contributed by atoms with Gasteiger partial charge >= 0.3 is 0 Å². The van der Waals surface area contributed by atoms with Gasteiger partial charge in [0.05, 0.1) is 5.56 Å². The third-order valence-corrected chi connectivity index (χ3v) is 9.10. The van der Waals surface area contributed by atoms with E-state index in [0.29, 0.717) is 29.1 Å². The lowest BCUT2D eigenvalue weighted by Gasteiger charge is -2.33. The fraction of sp³-hybridized carbons (Fsp3) is 0.593. The van der Waals surface area contributed by atoms with Gasteiger partial charge in [0, 0.05) is 24.0 Å². The van der Waals surface area contributed by atoms with Crippen LogP contribution in [0.3, 0.4) is 0 Å². The second kappa shape index (κ2) is 9.76. The maximum Gasteiger partial charge on any atom is 0.203 e. The van der Waals surface area contributed by atoms with Gasteiger partial charge in [-0.3, -0.25) is 4.79 Å². The number of hydrogen-bond donors (Lipinski definition) is 0. The van der Waals surface area contributed by atoms with Gasteiger partial charge < -0.3 is 4.90 Å². The molecular weight excluding hydrogens is 446 g/mol. The molecule has 2 aromatic heterocycles. The van der Waals surface area contributed by atoms with E-state index in [4.69, 9.17) is 0 Å². The molecule has 2 aromatic rings. The highest BCUT2D eigenvalue weighted by atomic mass is 32.2. The molecule has 0 radical (unpaired) electrons. The first-order chi connectivity index (χ1) is 16.1. The Hall–Kier alpha value is -2.28. The Balaban J connectivity index is 1.54. The summed E-state index contributed by atoms with van der Waals surface area (Å²) in [6.45, 7) is 9.53. The number of pyridine rings is 2. The Kier molecular flexibility index (Phi) is 7.13. The Morgan fingerprint density at radius 2 is 1.88 bits per heavy atom. The maximum absolute atomic E-state index is 13.3. The van der Waals surface area contributed by atoms with Crippen molar-refractivity contribution in [2.75, 3.05) is 17.2 Å². The van der Waals surface area contributed by atoms with Crippen LogP contribution in [-0.4, -0.2) is 42.0 Å². The third kappa shape index (κ3) is 5.35. The number of rotatable bonds is 7. The van der Waals surface area contributed by atoms with Gasteiger partial charge in [-0.1, -0.05) is 39.2 Å². The predicted molar refractivity (Wildman–Crippen MR) is 135 cm³/mol. The number of hydrogen-bond acceptors (Lipinski definition) is 6. The molecule has 3 atom stereocenters. The normalized spacial score (nSPS) is 24.8. The smallest absolute Gasteiger partial charge is 0.203 e. The molecule has 2 aliphatic rings. The minimum Gasteiger partial charge on any atom is -0.351 e. The van der Waals surface area contributed by atoms with Gasteiger partial charge in [0.2, 0.25) is 9.84 Å². The van der Waals surface area contributed by atoms with Crippen molar-refractivity contribution in [3.8, 4) is 0 Å². The quantitative estimate of drug-likeness (QED) is 0.508. The molecule has 2 fully saturated rings. The highest BCUT2D eigenvalue weighted by Gasteiger charge is 2.39. The van der Waals surface area contributed by atoms with Crippen LogP contribution in [0.4, 0.5) is 5.82 Å². The van der Waals surface area contributed by atoms with Gasteiger partial charge in [0.15, 0.2) is 10.8 Å². The van der Waals surface area contributed by atoms with Crippen molar-refractivity contribution in [1.82, 2.24) is 9.97 Å². The van der Waals surface area contributed by atoms with Crippen molar-refractivity contribution in [1.29, 1.82) is 0 Å². The van der Waals surface area contributed by atoms with Gasteiger partial charge in [-0.15, -0.1) is 0 Å². The number of carbonyl (C=O) groups is 1. The van der Waals surface area contributed by atoms with Gasteiger partial charge in [-0.25, -0.2) is 18.4 Å². The van der Waals surface area contributed by atoms with Crippen LogP contribution in [0.5, 0.6) is 0 Å². The monoisotopic (exact) mass is 483 g/mol. The molecule has 0 aromatic carbocycles. The molecule has 0 amide bonds. The molecule has 3 heterocycles. The lowest BCUT2D eigenvalue weighted by molar-refractivity contribution is 0.102. The van der Waals surface area contributed by atoms with Crippen molar-refractivity contribution in [3.05, 3.63) is 47.8 Å². The van der Waals surface area contributed by atoms with Crippen molar-refractivity contribution < 1.29 is 13.2 Å². The molecule has 184 valence electrons. The highest BCUT2D eigenvalue weighted by Crippen LogP contribution is 2.37. The molecule has 4 rings (SSSR count). The molecule has 34 heavy (non-hydrogen) atoms. The minimum absolute atomic E-state index is 0.0117. The van der Waals surface area contributed by atoms with Crippen LogP contribution < -0.4 is 4.90 Å². The van der Waals surface area contributed by atoms with Crippen LogP contribution >= 0.6 is 0 Å². The topological polar surface area (TPSA) is 80.2 Å². The lowest BCUT2D eigenvalue weighted by Crippen LogP contribution is -2.39. The first-order valence-corrected chi connectivity index (χ1v) is 14.2. The molecular formula is C27H37N3O3S. The number of anilines is 1. The highest BCUT2D eigenvalue weighted by molar-refractivity contribution is 7.92. The first kappa shape index (κ1) is 24.8. The molecule has 7 heteroatoms. The zero-order chi connectivity index (χ0) is 24.5. The van der Waals surface area contributed by atoms with E-state index < -0.39 is 21.4 Å². The zero-order valence-electron chi connectivity index (χ0n) is 20.8. The fourth-order valence-electron chi connectivity index (χ4n) is 5.82. The Bertz CT molecular complexity index is 1150. The molecule has 0 spiro atoms. The second-order valence-corrected chi connectivity index (χ2v) is 12.9. The molecule has 1 saturated carbocycles. The molecule has 0 bridgehead atoms. The predicted octanol–water partition coefficient (Wildman–Crippen LogP) is 5.13. The van der Waals surface area contributed by atoms with E-state index in [2.05, 4.69) is 42.6 Å². The van der Waals surface area contributed by atoms with Crippen LogP contribution in [-0.2, 0) is 16.3 Å². The Labute approximate surface area is 204 Å². The minimum atomic E-state index is -3.87. The summed E-state index contributed by atoms with van der Waals surface area (Å²) in [5.74, 6) is 1.16. The van der Waals surface area contributed by atoms with Crippen LogP contribution in [0.25, 0.3) is 0 Å². The Morgan fingerprint density at radius 1 is 1.12 bits per heavy atom. The molecule has 0 N–H and O–H groups in total. The second-order valence-electron chi connectivity index (χ2n) is 11.0. The average molecular weight is 484 g/mol. The summed E-state index contributed by atoms with van der Waals surface area (Å²) in [7, 11) is -3.87. The molecule has 1 saturated heterocycles. The van der Waals surface area contributed by atoms with E-state index in [1.54, 1.807) is 24.4 Å². The molecule has 1 aliphatic heterocycles. The van der Waals surface area contributed by atoms with E-state index in [-0.39, 0.29) is 10.6 Å². The van der Waals surface area contributed by atoms with Crippen LogP contribution in [0.15, 0.2) is 41.6 Å². The van der Waals surface area contributed by atoms with Crippen LogP contribution in [0.1, 0.15) is 75.9 Å². The van der Waals surface area contributed by atoms with E-state index in [9.17, 15) is 13.2 Å². The van der Waals surface area contributed by atoms with Gasteiger partial charge in [0.1, 0.15) is 11.6 Å². The van der Waals surface area contributed by atoms with Crippen molar-refractivity contribution in [3.63, 3.8) is 0 Å². The summed E-state index contributed by atoms with van der Waals surface area (Å²) in [5.41, 5.74) is 1.01. The van der Waals surface area contributed by atoms with Crippen molar-refractivity contribution in [2.45, 2.75) is 76.8 Å². The number of nitrogens with zero attached hydrogens (tertiary/aromatic N) is 3. The molecule has 3 unspecified atom stereocenters. The summed E-state index contributed by atoms with van der Waals surface area (Å²) in [6, 6.07) is 8.54. The molecule has 1 aliphatic carbocycles. The van der Waals surface area contributed by atoms with Crippen molar-refractivity contribution >= 4 is 21.4 Å². The van der Waals surface area contributed by atoms with E-state index in [1.165, 1.54) is 25.3 Å². The van der Waals surface area contributed by atoms with E-state index in [1.807, 2.05) is 6.07 Å². The average Bonchev–Trinajstić information content (AvgIpc) is 3.07. The number of ketones is 1. The van der Waals surface area contributed by atoms with E-state index >= 15 is 0 Å². The number of sulfone groups is 1. The van der Waals surface area contributed by atoms with Crippen LogP contribution in [0, 0.1) is 17.8 Å². The number of aromatic nitrogens is 2. The number of Topliss-reactive ketones (excluding diaryl/α,β-unsaturated/α-hetero) is 1. The summed E-state index contributed by atoms with van der Waals surface area (Å²) in [6.07, 6.45) is 8.31. The number of carbonyl (C=O) groups excluding carboxylic acids is 1. The van der Waals surface area contributed by atoms with Gasteiger partial charge in [-0.05, 0) is 75.1 Å². The van der Waals surface area contributed by atoms with Crippen molar-refractivity contribution in [2.24, 2.45) is 17.8 Å². The summed E-state index contributed by atoms with van der Waals surface area (Å²) in [5, 5.41) is -0.0117. The van der Waals surface area contributed by atoms with Gasteiger partial charge in [0.25, 0.3) is 0 Å².